The number of nitrogens with one attached hydrogen (secondary N) is 2. The van der Waals surface area contributed by atoms with Gasteiger partial charge in [0, 0.05) is 13.7 Å². The first-order valence-corrected chi connectivity index (χ1v) is 8.24. The van der Waals surface area contributed by atoms with Gasteiger partial charge in [0.05, 0.1) is 25.7 Å². The molecular formula is C17H24N6O. The molecule has 1 fully saturated rings. The first-order chi connectivity index (χ1) is 11.7. The van der Waals surface area contributed by atoms with E-state index in [9.17, 15) is 0 Å². The molecule has 1 aromatic carbocycles. The maximum atomic E-state index is 5.43. The molecule has 1 aliphatic rings. The molecule has 1 atom stereocenters. The molecule has 3 rings (SSSR count). The zero-order chi connectivity index (χ0) is 16.8. The minimum absolute atomic E-state index is 0.299. The number of nitrogens with zero attached hydrogens (tertiary/aromatic N) is 4. The molecular weight excluding hydrogens is 304 g/mol. The van der Waals surface area contributed by atoms with Gasteiger partial charge < -0.3 is 19.9 Å². The van der Waals surface area contributed by atoms with Gasteiger partial charge in [-0.25, -0.2) is 4.99 Å². The molecule has 2 aromatic rings. The fourth-order valence-electron chi connectivity index (χ4n) is 2.52. The minimum atomic E-state index is 0.299. The zero-order valence-electron chi connectivity index (χ0n) is 14.2. The number of guanidine groups is 1. The van der Waals surface area contributed by atoms with Crippen molar-refractivity contribution in [3.05, 3.63) is 47.5 Å². The van der Waals surface area contributed by atoms with Crippen LogP contribution in [-0.4, -0.2) is 40.0 Å². The van der Waals surface area contributed by atoms with E-state index in [1.165, 1.54) is 5.56 Å². The number of aromatic nitrogens is 3. The summed E-state index contributed by atoms with van der Waals surface area (Å²) in [5, 5.41) is 15.1. The predicted molar refractivity (Wildman–Crippen MR) is 92.5 cm³/mol. The van der Waals surface area contributed by atoms with Crippen LogP contribution < -0.4 is 10.6 Å². The number of benzene rings is 1. The summed E-state index contributed by atoms with van der Waals surface area (Å²) in [7, 11) is 1.96. The molecule has 24 heavy (non-hydrogen) atoms. The lowest BCUT2D eigenvalue weighted by molar-refractivity contribution is 0.192. The van der Waals surface area contributed by atoms with Crippen molar-refractivity contribution in [1.82, 2.24) is 25.4 Å². The van der Waals surface area contributed by atoms with Gasteiger partial charge in [-0.1, -0.05) is 30.3 Å². The Balaban J connectivity index is 1.65. The molecule has 0 spiro atoms. The fraction of sp³-hybridized carbons (Fsp3) is 0.471. The Morgan fingerprint density at radius 2 is 2.17 bits per heavy atom. The molecule has 0 aliphatic carbocycles. The zero-order valence-corrected chi connectivity index (χ0v) is 14.2. The summed E-state index contributed by atoms with van der Waals surface area (Å²) >= 11 is 0. The van der Waals surface area contributed by atoms with E-state index in [0.29, 0.717) is 19.1 Å². The molecule has 1 unspecified atom stereocenters. The Kier molecular flexibility index (Phi) is 5.43. The summed E-state index contributed by atoms with van der Waals surface area (Å²) in [6.45, 7) is 4.66. The van der Waals surface area contributed by atoms with Gasteiger partial charge in [0.25, 0.3) is 0 Å². The summed E-state index contributed by atoms with van der Waals surface area (Å²) in [6.07, 6.45) is 0.995. The summed E-state index contributed by atoms with van der Waals surface area (Å²) in [6, 6.07) is 10.5. The average molecular weight is 328 g/mol. The molecule has 0 bridgehead atoms. The highest BCUT2D eigenvalue weighted by molar-refractivity contribution is 5.80. The van der Waals surface area contributed by atoms with E-state index in [4.69, 9.17) is 9.73 Å². The largest absolute Gasteiger partial charge is 0.379 e. The van der Waals surface area contributed by atoms with Gasteiger partial charge in [-0.15, -0.1) is 10.2 Å². The van der Waals surface area contributed by atoms with Crippen molar-refractivity contribution in [2.75, 3.05) is 13.2 Å². The number of aliphatic imine (C=N–C) groups is 1. The quantitative estimate of drug-likeness (QED) is 0.636. The van der Waals surface area contributed by atoms with Crippen LogP contribution in [0.25, 0.3) is 0 Å². The number of aryl methyl sites for hydroxylation is 1. The van der Waals surface area contributed by atoms with E-state index in [1.807, 2.05) is 36.7 Å². The average Bonchev–Trinajstić information content (AvgIpc) is 3.22. The Morgan fingerprint density at radius 3 is 2.83 bits per heavy atom. The van der Waals surface area contributed by atoms with Crippen LogP contribution in [0, 0.1) is 6.92 Å². The number of ether oxygens (including phenoxy) is 1. The maximum Gasteiger partial charge on any atom is 0.192 e. The molecule has 2 heterocycles. The molecule has 0 saturated carbocycles. The van der Waals surface area contributed by atoms with E-state index in [-0.39, 0.29) is 0 Å². The second-order valence-corrected chi connectivity index (χ2v) is 5.93. The van der Waals surface area contributed by atoms with Crippen LogP contribution in [0.1, 0.15) is 23.6 Å². The third kappa shape index (κ3) is 4.32. The third-order valence-corrected chi connectivity index (χ3v) is 4.13. The topological polar surface area (TPSA) is 76.4 Å². The lowest BCUT2D eigenvalue weighted by atomic mass is 10.2. The fourth-order valence-corrected chi connectivity index (χ4v) is 2.52. The van der Waals surface area contributed by atoms with Crippen LogP contribution in [0.4, 0.5) is 0 Å². The Hall–Kier alpha value is -2.41. The van der Waals surface area contributed by atoms with Gasteiger partial charge in [0.2, 0.25) is 0 Å². The van der Waals surface area contributed by atoms with Crippen molar-refractivity contribution in [2.24, 2.45) is 12.0 Å². The highest BCUT2D eigenvalue weighted by Crippen LogP contribution is 2.05. The smallest absolute Gasteiger partial charge is 0.192 e. The van der Waals surface area contributed by atoms with Gasteiger partial charge in [-0.2, -0.15) is 0 Å². The third-order valence-electron chi connectivity index (χ3n) is 4.13. The van der Waals surface area contributed by atoms with Gasteiger partial charge in [0.15, 0.2) is 11.8 Å². The second-order valence-electron chi connectivity index (χ2n) is 5.93. The van der Waals surface area contributed by atoms with E-state index >= 15 is 0 Å². The SMILES string of the molecule is Cc1nnc(CNC(=NCc2ccccc2)NC2CCOC2)n1C. The standard InChI is InChI=1S/C17H24N6O/c1-13-21-22-16(23(13)2)11-19-17(20-15-8-9-24-12-15)18-10-14-6-4-3-5-7-14/h3-7,15H,8-12H2,1-2H3,(H2,18,19,20). The first-order valence-electron chi connectivity index (χ1n) is 8.24. The highest BCUT2D eigenvalue weighted by atomic mass is 16.5. The van der Waals surface area contributed by atoms with Crippen LogP contribution in [0.5, 0.6) is 0 Å². The van der Waals surface area contributed by atoms with Crippen LogP contribution in [0.2, 0.25) is 0 Å². The number of hydrogen-bond acceptors (Lipinski definition) is 4. The van der Waals surface area contributed by atoms with Gasteiger partial charge in [0.1, 0.15) is 5.82 Å². The molecule has 1 aromatic heterocycles. The second kappa shape index (κ2) is 7.92. The van der Waals surface area contributed by atoms with Crippen molar-refractivity contribution in [3.63, 3.8) is 0 Å². The van der Waals surface area contributed by atoms with Crippen LogP contribution in [0.15, 0.2) is 35.3 Å². The van der Waals surface area contributed by atoms with Crippen molar-refractivity contribution in [1.29, 1.82) is 0 Å². The minimum Gasteiger partial charge on any atom is -0.379 e. The first kappa shape index (κ1) is 16.4. The van der Waals surface area contributed by atoms with Gasteiger partial charge in [-0.3, -0.25) is 0 Å². The number of rotatable bonds is 5. The molecule has 7 nitrogen and oxygen atoms in total. The summed E-state index contributed by atoms with van der Waals surface area (Å²) in [5.74, 6) is 2.55. The van der Waals surface area contributed by atoms with Crippen LogP contribution in [0.3, 0.4) is 0 Å². The van der Waals surface area contributed by atoms with Crippen molar-refractivity contribution in [2.45, 2.75) is 32.5 Å². The molecule has 2 N–H and O–H groups in total. The van der Waals surface area contributed by atoms with E-state index in [2.05, 4.69) is 33.0 Å². The van der Waals surface area contributed by atoms with Crippen molar-refractivity contribution >= 4 is 5.96 Å². The lowest BCUT2D eigenvalue weighted by Gasteiger charge is -2.16. The molecule has 0 amide bonds. The number of hydrogen-bond donors (Lipinski definition) is 2. The predicted octanol–water partition coefficient (Wildman–Crippen LogP) is 1.15. The Morgan fingerprint density at radius 1 is 1.33 bits per heavy atom. The van der Waals surface area contributed by atoms with E-state index < -0.39 is 0 Å². The molecule has 1 saturated heterocycles. The summed E-state index contributed by atoms with van der Waals surface area (Å²) < 4.78 is 7.41. The van der Waals surface area contributed by atoms with Gasteiger partial charge >= 0.3 is 0 Å². The lowest BCUT2D eigenvalue weighted by Crippen LogP contribution is -2.43. The maximum absolute atomic E-state index is 5.43. The van der Waals surface area contributed by atoms with Crippen LogP contribution >= 0.6 is 0 Å². The van der Waals surface area contributed by atoms with E-state index in [0.717, 1.165) is 37.2 Å². The van der Waals surface area contributed by atoms with Gasteiger partial charge in [-0.05, 0) is 18.9 Å². The summed E-state index contributed by atoms with van der Waals surface area (Å²) in [5.41, 5.74) is 1.18. The highest BCUT2D eigenvalue weighted by Gasteiger charge is 2.17. The monoisotopic (exact) mass is 328 g/mol. The summed E-state index contributed by atoms with van der Waals surface area (Å²) in [4.78, 5) is 4.69. The molecule has 1 aliphatic heterocycles. The molecule has 0 radical (unpaired) electrons. The Bertz CT molecular complexity index is 676. The molecule has 128 valence electrons. The normalized spacial score (nSPS) is 17.9. The van der Waals surface area contributed by atoms with E-state index in [1.54, 1.807) is 0 Å². The molecule has 7 heteroatoms. The van der Waals surface area contributed by atoms with Crippen molar-refractivity contribution < 1.29 is 4.74 Å². The van der Waals surface area contributed by atoms with Crippen molar-refractivity contribution in [3.8, 4) is 0 Å². The van der Waals surface area contributed by atoms with Crippen LogP contribution in [-0.2, 0) is 24.9 Å². The Labute approximate surface area is 142 Å².